The van der Waals surface area contributed by atoms with E-state index < -0.39 is 0 Å². The Kier molecular flexibility index (Phi) is 10.2. The topological polar surface area (TPSA) is 70.2 Å². The zero-order chi connectivity index (χ0) is 22.8. The molecule has 3 rings (SSSR count). The third-order valence-electron chi connectivity index (χ3n) is 6.22. The molecule has 1 aromatic rings. The molecule has 174 valence electrons. The molecule has 1 heterocycles. The normalized spacial score (nSPS) is 21.3. The molecule has 1 fully saturated rings. The number of carbonyl (C=O) groups is 2. The smallest absolute Gasteiger partial charge is 0.224 e. The number of allylic oxidation sites excluding steroid dienone is 2. The molecular weight excluding hydrogens is 438 g/mol. The van der Waals surface area contributed by atoms with Crippen molar-refractivity contribution in [1.82, 2.24) is 10.0 Å². The minimum absolute atomic E-state index is 0.112. The lowest BCUT2D eigenvalue weighted by atomic mass is 9.81. The van der Waals surface area contributed by atoms with E-state index in [1.807, 2.05) is 12.1 Å². The predicted molar refractivity (Wildman–Crippen MR) is 137 cm³/mol. The predicted octanol–water partition coefficient (Wildman–Crippen LogP) is 5.30. The maximum atomic E-state index is 12.5. The van der Waals surface area contributed by atoms with Crippen molar-refractivity contribution >= 4 is 41.2 Å². The third kappa shape index (κ3) is 7.71. The summed E-state index contributed by atoms with van der Waals surface area (Å²) < 4.78 is 3.52. The van der Waals surface area contributed by atoms with E-state index in [9.17, 15) is 9.59 Å². The number of hydrogen-bond donors (Lipinski definition) is 3. The molecule has 1 aliphatic carbocycles. The van der Waals surface area contributed by atoms with E-state index >= 15 is 0 Å². The Balaban J connectivity index is 1.34. The number of aryl methyl sites for hydroxylation is 1. The first kappa shape index (κ1) is 24.9. The maximum Gasteiger partial charge on any atom is 0.224 e. The molecule has 3 N–H and O–H groups in total. The van der Waals surface area contributed by atoms with Crippen LogP contribution in [0, 0.1) is 11.8 Å². The Morgan fingerprint density at radius 2 is 2.06 bits per heavy atom. The van der Waals surface area contributed by atoms with E-state index in [1.54, 1.807) is 29.8 Å². The lowest BCUT2D eigenvalue weighted by Crippen LogP contribution is -2.35. The average Bonchev–Trinajstić information content (AvgIpc) is 2.99. The van der Waals surface area contributed by atoms with Crippen molar-refractivity contribution in [2.24, 2.45) is 11.8 Å². The molecule has 0 radical (unpaired) electrons. The summed E-state index contributed by atoms with van der Waals surface area (Å²) in [7, 11) is 0. The molecule has 5 nitrogen and oxygen atoms in total. The van der Waals surface area contributed by atoms with Crippen LogP contribution in [0.1, 0.15) is 50.5 Å². The zero-order valence-electron chi connectivity index (χ0n) is 19.0. The SMILES string of the molecule is C=C/C=C(/CCNC(=O)C1CCC(CNSc2ccc3c(c2)CCCC(=O)N3)CC1)SC. The van der Waals surface area contributed by atoms with Crippen LogP contribution in [0.2, 0.25) is 0 Å². The van der Waals surface area contributed by atoms with Gasteiger partial charge in [0.15, 0.2) is 0 Å². The molecule has 32 heavy (non-hydrogen) atoms. The summed E-state index contributed by atoms with van der Waals surface area (Å²) in [6.07, 6.45) is 13.3. The van der Waals surface area contributed by atoms with E-state index in [2.05, 4.69) is 40.3 Å². The van der Waals surface area contributed by atoms with Gasteiger partial charge in [0.1, 0.15) is 0 Å². The lowest BCUT2D eigenvalue weighted by Gasteiger charge is -2.27. The van der Waals surface area contributed by atoms with E-state index in [-0.39, 0.29) is 17.7 Å². The van der Waals surface area contributed by atoms with Crippen molar-refractivity contribution in [2.75, 3.05) is 24.7 Å². The van der Waals surface area contributed by atoms with Crippen LogP contribution in [-0.2, 0) is 16.0 Å². The molecule has 2 amide bonds. The highest BCUT2D eigenvalue weighted by Gasteiger charge is 2.26. The van der Waals surface area contributed by atoms with Crippen LogP contribution in [0.15, 0.2) is 46.7 Å². The van der Waals surface area contributed by atoms with Crippen molar-refractivity contribution < 1.29 is 9.59 Å². The van der Waals surface area contributed by atoms with Gasteiger partial charge in [0, 0.05) is 36.0 Å². The van der Waals surface area contributed by atoms with E-state index in [4.69, 9.17) is 0 Å². The van der Waals surface area contributed by atoms with E-state index in [0.29, 0.717) is 18.9 Å². The fourth-order valence-corrected chi connectivity index (χ4v) is 5.69. The van der Waals surface area contributed by atoms with Gasteiger partial charge in [0.2, 0.25) is 11.8 Å². The first-order valence-electron chi connectivity index (χ1n) is 11.5. The second-order valence-electron chi connectivity index (χ2n) is 8.50. The highest BCUT2D eigenvalue weighted by molar-refractivity contribution is 8.02. The molecule has 0 spiro atoms. The zero-order valence-corrected chi connectivity index (χ0v) is 20.6. The van der Waals surface area contributed by atoms with Gasteiger partial charge in [-0.3, -0.25) is 14.3 Å². The fraction of sp³-hybridized carbons (Fsp3) is 0.520. The highest BCUT2D eigenvalue weighted by atomic mass is 32.2. The molecule has 1 saturated carbocycles. The first-order valence-corrected chi connectivity index (χ1v) is 13.6. The Labute approximate surface area is 200 Å². The van der Waals surface area contributed by atoms with E-state index in [0.717, 1.165) is 57.2 Å². The quantitative estimate of drug-likeness (QED) is 0.318. The maximum absolute atomic E-state index is 12.5. The van der Waals surface area contributed by atoms with Gasteiger partial charge in [-0.05, 0) is 97.7 Å². The number of anilines is 1. The molecular formula is C25H35N3O2S2. The molecule has 0 atom stereocenters. The van der Waals surface area contributed by atoms with Crippen molar-refractivity contribution in [3.63, 3.8) is 0 Å². The molecule has 0 bridgehead atoms. The van der Waals surface area contributed by atoms with Crippen molar-refractivity contribution in [2.45, 2.75) is 56.3 Å². The number of rotatable bonds is 10. The largest absolute Gasteiger partial charge is 0.356 e. The summed E-state index contributed by atoms with van der Waals surface area (Å²) in [6, 6.07) is 6.27. The summed E-state index contributed by atoms with van der Waals surface area (Å²) in [5.74, 6) is 1.09. The van der Waals surface area contributed by atoms with Gasteiger partial charge in [-0.25, -0.2) is 0 Å². The molecule has 2 aliphatic rings. The summed E-state index contributed by atoms with van der Waals surface area (Å²) in [4.78, 5) is 26.6. The van der Waals surface area contributed by atoms with Gasteiger partial charge in [-0.1, -0.05) is 18.7 Å². The molecule has 0 aromatic heterocycles. The Hall–Kier alpha value is -1.70. The molecule has 1 aromatic carbocycles. The van der Waals surface area contributed by atoms with Gasteiger partial charge in [0.05, 0.1) is 0 Å². The minimum atomic E-state index is 0.112. The summed E-state index contributed by atoms with van der Waals surface area (Å²) >= 11 is 3.37. The highest BCUT2D eigenvalue weighted by Crippen LogP contribution is 2.30. The lowest BCUT2D eigenvalue weighted by molar-refractivity contribution is -0.126. The van der Waals surface area contributed by atoms with Crippen LogP contribution in [0.3, 0.4) is 0 Å². The number of amides is 2. The number of benzene rings is 1. The Bertz CT molecular complexity index is 832. The fourth-order valence-electron chi connectivity index (χ4n) is 4.32. The molecule has 1 aliphatic heterocycles. The van der Waals surface area contributed by atoms with Crippen LogP contribution in [0.4, 0.5) is 5.69 Å². The van der Waals surface area contributed by atoms with Gasteiger partial charge in [-0.2, -0.15) is 0 Å². The van der Waals surface area contributed by atoms with Crippen molar-refractivity contribution in [3.05, 3.63) is 47.4 Å². The van der Waals surface area contributed by atoms with Crippen LogP contribution in [0.5, 0.6) is 0 Å². The average molecular weight is 474 g/mol. The van der Waals surface area contributed by atoms with Crippen LogP contribution < -0.4 is 15.4 Å². The number of thioether (sulfide) groups is 1. The van der Waals surface area contributed by atoms with Crippen LogP contribution >= 0.6 is 23.7 Å². The van der Waals surface area contributed by atoms with E-state index in [1.165, 1.54) is 15.4 Å². The van der Waals surface area contributed by atoms with Crippen molar-refractivity contribution in [1.29, 1.82) is 0 Å². The number of fused-ring (bicyclic) bond motifs is 1. The molecule has 7 heteroatoms. The van der Waals surface area contributed by atoms with Crippen LogP contribution in [-0.4, -0.2) is 31.2 Å². The summed E-state index contributed by atoms with van der Waals surface area (Å²) in [5, 5.41) is 6.10. The standard InChI is InChI=1S/C25H35N3O2S2/c1-3-5-21(31-2)14-15-26-25(30)19-10-8-18(9-11-19)17-27-32-22-12-13-23-20(16-22)6-4-7-24(29)28-23/h3,5,12-13,16,18-19,27H,1,4,6-11,14-15,17H2,2H3,(H,26,30)(H,28,29)/b21-5-. The van der Waals surface area contributed by atoms with Gasteiger partial charge in [0.25, 0.3) is 0 Å². The minimum Gasteiger partial charge on any atom is -0.356 e. The third-order valence-corrected chi connectivity index (χ3v) is 7.88. The van der Waals surface area contributed by atoms with Crippen molar-refractivity contribution in [3.8, 4) is 0 Å². The summed E-state index contributed by atoms with van der Waals surface area (Å²) in [6.45, 7) is 5.39. The van der Waals surface area contributed by atoms with Gasteiger partial charge >= 0.3 is 0 Å². The second kappa shape index (κ2) is 13.1. The Morgan fingerprint density at radius 1 is 1.25 bits per heavy atom. The van der Waals surface area contributed by atoms with Gasteiger partial charge < -0.3 is 10.6 Å². The number of nitrogens with one attached hydrogen (secondary N) is 3. The Morgan fingerprint density at radius 3 is 2.81 bits per heavy atom. The van der Waals surface area contributed by atoms with Crippen LogP contribution in [0.25, 0.3) is 0 Å². The van der Waals surface area contributed by atoms with Gasteiger partial charge in [-0.15, -0.1) is 11.8 Å². The monoisotopic (exact) mass is 473 g/mol. The second-order valence-corrected chi connectivity index (χ2v) is 10.4. The number of carbonyl (C=O) groups excluding carboxylic acids is 2. The summed E-state index contributed by atoms with van der Waals surface area (Å²) in [5.41, 5.74) is 2.17. The number of hydrogen-bond acceptors (Lipinski definition) is 5. The molecule has 0 unspecified atom stereocenters. The first-order chi connectivity index (χ1) is 15.6. The molecule has 0 saturated heterocycles.